The third-order valence-corrected chi connectivity index (χ3v) is 3.06. The molecule has 0 aliphatic heterocycles. The van der Waals surface area contributed by atoms with Gasteiger partial charge in [-0.1, -0.05) is 59.0 Å². The van der Waals surface area contributed by atoms with Crippen LogP contribution in [0.25, 0.3) is 0 Å². The van der Waals surface area contributed by atoms with Gasteiger partial charge in [0.25, 0.3) is 0 Å². The van der Waals surface area contributed by atoms with Crippen LogP contribution in [0.5, 0.6) is 0 Å². The Labute approximate surface area is 95.8 Å². The molecule has 0 rings (SSSR count). The Morgan fingerprint density at radius 1 is 1.00 bits per heavy atom. The van der Waals surface area contributed by atoms with E-state index in [-0.39, 0.29) is 0 Å². The van der Waals surface area contributed by atoms with Crippen LogP contribution >= 0.6 is 12.2 Å². The average Bonchev–Trinajstić information content (AvgIpc) is 2.03. The molecule has 0 bridgehead atoms. The van der Waals surface area contributed by atoms with Gasteiger partial charge in [-0.3, -0.25) is 0 Å². The molecular weight excluding hydrogens is 188 g/mol. The van der Waals surface area contributed by atoms with Crippen molar-refractivity contribution in [2.24, 2.45) is 17.8 Å². The molecule has 1 atom stereocenters. The van der Waals surface area contributed by atoms with Gasteiger partial charge < -0.3 is 0 Å². The lowest BCUT2D eigenvalue weighted by Crippen LogP contribution is -2.03. The van der Waals surface area contributed by atoms with Gasteiger partial charge >= 0.3 is 0 Å². The Balaban J connectivity index is 0. The molecule has 0 aliphatic rings. The molecule has 0 saturated heterocycles. The van der Waals surface area contributed by atoms with Crippen molar-refractivity contribution in [3.63, 3.8) is 0 Å². The normalized spacial score (nSPS) is 12.1. The summed E-state index contributed by atoms with van der Waals surface area (Å²) in [6, 6.07) is 0. The van der Waals surface area contributed by atoms with Crippen LogP contribution in [0.15, 0.2) is 12.2 Å². The molecule has 0 aromatic heterocycles. The minimum Gasteiger partial charge on any atom is -0.0999 e. The van der Waals surface area contributed by atoms with E-state index in [1.165, 1.54) is 5.57 Å². The minimum atomic E-state index is 0.583. The van der Waals surface area contributed by atoms with Gasteiger partial charge in [0, 0.05) is 0 Å². The summed E-state index contributed by atoms with van der Waals surface area (Å²) >= 11 is 4.82. The molecule has 14 heavy (non-hydrogen) atoms. The van der Waals surface area contributed by atoms with Crippen LogP contribution in [0.2, 0.25) is 0 Å². The molecule has 0 radical (unpaired) electrons. The molecule has 0 unspecified atom stereocenters. The van der Waals surface area contributed by atoms with Crippen LogP contribution in [-0.2, 0) is 0 Å². The van der Waals surface area contributed by atoms with Gasteiger partial charge in [0.15, 0.2) is 0 Å². The highest BCUT2D eigenvalue weighted by atomic mass is 32.1. The maximum atomic E-state index is 4.82. The molecule has 0 amide bonds. The van der Waals surface area contributed by atoms with E-state index in [2.05, 4.69) is 48.1 Å². The number of rotatable bonds is 3. The monoisotopic (exact) mass is 214 g/mol. The summed E-state index contributed by atoms with van der Waals surface area (Å²) in [6.07, 6.45) is 0. The summed E-state index contributed by atoms with van der Waals surface area (Å²) in [5, 5.41) is 0. The fraction of sp³-hybridized carbons (Fsp3) is 0.769. The molecule has 0 aliphatic carbocycles. The minimum absolute atomic E-state index is 0.583. The molecular formula is C13H26S. The van der Waals surface area contributed by atoms with Crippen molar-refractivity contribution < 1.29 is 0 Å². The van der Waals surface area contributed by atoms with Crippen LogP contribution < -0.4 is 0 Å². The van der Waals surface area contributed by atoms with Crippen LogP contribution in [0, 0.1) is 17.8 Å². The summed E-state index contributed by atoms with van der Waals surface area (Å²) < 4.78 is 0. The lowest BCUT2D eigenvalue weighted by molar-refractivity contribution is 0.481. The zero-order valence-corrected chi connectivity index (χ0v) is 11.7. The van der Waals surface area contributed by atoms with Crippen molar-refractivity contribution in [3.05, 3.63) is 12.2 Å². The lowest BCUT2D eigenvalue weighted by Gasteiger charge is -2.13. The molecule has 0 aromatic carbocycles. The van der Waals surface area contributed by atoms with Crippen molar-refractivity contribution >= 4 is 17.1 Å². The zero-order chi connectivity index (χ0) is 11.9. The third-order valence-electron chi connectivity index (χ3n) is 2.59. The van der Waals surface area contributed by atoms with Gasteiger partial charge in [0.05, 0.1) is 0 Å². The van der Waals surface area contributed by atoms with Gasteiger partial charge in [-0.05, 0) is 36.5 Å². The van der Waals surface area contributed by atoms with Crippen LogP contribution in [-0.4, -0.2) is 4.86 Å². The highest BCUT2D eigenvalue weighted by Gasteiger charge is 2.05. The second kappa shape index (κ2) is 8.16. The van der Waals surface area contributed by atoms with Crippen LogP contribution in [0.4, 0.5) is 0 Å². The molecule has 0 fully saturated rings. The molecule has 84 valence electrons. The van der Waals surface area contributed by atoms with Crippen molar-refractivity contribution in [2.75, 3.05) is 0 Å². The summed E-state index contributed by atoms with van der Waals surface area (Å²) in [7, 11) is 0. The van der Waals surface area contributed by atoms with E-state index in [4.69, 9.17) is 12.2 Å². The number of hydrogen-bond donors (Lipinski definition) is 0. The second-order valence-electron chi connectivity index (χ2n) is 4.64. The Morgan fingerprint density at radius 3 is 1.29 bits per heavy atom. The zero-order valence-electron chi connectivity index (χ0n) is 10.8. The van der Waals surface area contributed by atoms with Gasteiger partial charge in [-0.2, -0.15) is 0 Å². The first kappa shape index (κ1) is 16.3. The maximum Gasteiger partial charge on any atom is -0.00771 e. The number of allylic oxidation sites excluding steroid dienone is 1. The first-order chi connectivity index (χ1) is 6.20. The Bertz CT molecular complexity index is 178. The highest BCUT2D eigenvalue weighted by Crippen LogP contribution is 2.16. The van der Waals surface area contributed by atoms with E-state index in [0.29, 0.717) is 11.8 Å². The van der Waals surface area contributed by atoms with Crippen LogP contribution in [0.1, 0.15) is 48.5 Å². The third kappa shape index (κ3) is 9.91. The van der Waals surface area contributed by atoms with E-state index in [9.17, 15) is 0 Å². The first-order valence-electron chi connectivity index (χ1n) is 5.36. The maximum absolute atomic E-state index is 4.82. The van der Waals surface area contributed by atoms with E-state index < -0.39 is 0 Å². The van der Waals surface area contributed by atoms with E-state index >= 15 is 0 Å². The van der Waals surface area contributed by atoms with Crippen molar-refractivity contribution in [2.45, 2.75) is 48.5 Å². The van der Waals surface area contributed by atoms with Crippen molar-refractivity contribution in [1.82, 2.24) is 0 Å². The smallest absolute Gasteiger partial charge is 0.00771 e. The quantitative estimate of drug-likeness (QED) is 0.476. The number of hydrogen-bond acceptors (Lipinski definition) is 1. The molecule has 0 saturated carbocycles. The lowest BCUT2D eigenvalue weighted by atomic mass is 9.92. The summed E-state index contributed by atoms with van der Waals surface area (Å²) in [4.78, 5) is 1.09. The largest absolute Gasteiger partial charge is 0.0999 e. The highest BCUT2D eigenvalue weighted by molar-refractivity contribution is 7.80. The van der Waals surface area contributed by atoms with E-state index in [1.54, 1.807) is 0 Å². The average molecular weight is 214 g/mol. The second-order valence-corrected chi connectivity index (χ2v) is 5.29. The summed E-state index contributed by atoms with van der Waals surface area (Å²) in [5.74, 6) is 2.00. The Hall–Kier alpha value is -0.170. The van der Waals surface area contributed by atoms with Gasteiger partial charge in [0.1, 0.15) is 0 Å². The van der Waals surface area contributed by atoms with Gasteiger partial charge in [-0.15, -0.1) is 0 Å². The van der Waals surface area contributed by atoms with Crippen molar-refractivity contribution in [1.29, 1.82) is 0 Å². The SMILES string of the molecule is C=C(C)[C@@H](C)C(C)C.CC(=S)C(C)C. The van der Waals surface area contributed by atoms with Gasteiger partial charge in [0.2, 0.25) is 0 Å². The molecule has 1 heteroatoms. The standard InChI is InChI=1S/C8H16.C5H10S/c1-6(2)8(5)7(3)4;1-4(2)5(3)6/h7-8H,1H2,2-5H3;4H,1-3H3/t8-;/m1./s1. The van der Waals surface area contributed by atoms with Crippen LogP contribution in [0.3, 0.4) is 0 Å². The molecule has 0 spiro atoms. The predicted molar refractivity (Wildman–Crippen MR) is 71.9 cm³/mol. The number of thiocarbonyl (C=S) groups is 1. The summed E-state index contributed by atoms with van der Waals surface area (Å²) in [6.45, 7) is 18.8. The first-order valence-corrected chi connectivity index (χ1v) is 5.76. The van der Waals surface area contributed by atoms with E-state index in [0.717, 1.165) is 10.8 Å². The Kier molecular flexibility index (Phi) is 9.49. The molecule has 0 aromatic rings. The molecule has 0 nitrogen and oxygen atoms in total. The van der Waals surface area contributed by atoms with Gasteiger partial charge in [-0.25, -0.2) is 0 Å². The summed E-state index contributed by atoms with van der Waals surface area (Å²) in [5.41, 5.74) is 1.29. The van der Waals surface area contributed by atoms with E-state index in [1.807, 2.05) is 6.92 Å². The molecule has 0 N–H and O–H groups in total. The fourth-order valence-electron chi connectivity index (χ4n) is 0.569. The van der Waals surface area contributed by atoms with Crippen molar-refractivity contribution in [3.8, 4) is 0 Å². The molecule has 0 heterocycles. The topological polar surface area (TPSA) is 0 Å². The Morgan fingerprint density at radius 2 is 1.29 bits per heavy atom. The fourth-order valence-corrected chi connectivity index (χ4v) is 0.569. The predicted octanol–water partition coefficient (Wildman–Crippen LogP) is 4.89.